The Hall–Kier alpha value is -3.58. The fourth-order valence-electron chi connectivity index (χ4n) is 3.98. The van der Waals surface area contributed by atoms with Gasteiger partial charge >= 0.3 is 0 Å². The van der Waals surface area contributed by atoms with Crippen LogP contribution in [-0.2, 0) is 16.4 Å². The highest BCUT2D eigenvalue weighted by Gasteiger charge is 2.33. The van der Waals surface area contributed by atoms with Gasteiger partial charge in [-0.05, 0) is 30.2 Å². The van der Waals surface area contributed by atoms with E-state index in [0.717, 1.165) is 10.9 Å². The van der Waals surface area contributed by atoms with Gasteiger partial charge in [0.1, 0.15) is 22.1 Å². The van der Waals surface area contributed by atoms with Crippen molar-refractivity contribution in [3.05, 3.63) is 101 Å². The van der Waals surface area contributed by atoms with E-state index in [9.17, 15) is 17.9 Å². The molecule has 0 aliphatic carbocycles. The second-order valence-corrected chi connectivity index (χ2v) is 9.01. The molecule has 154 valence electrons. The van der Waals surface area contributed by atoms with Crippen molar-refractivity contribution in [1.29, 1.82) is 0 Å². The predicted octanol–water partition coefficient (Wildman–Crippen LogP) is 4.52. The van der Waals surface area contributed by atoms with Gasteiger partial charge in [0, 0.05) is 22.8 Å². The Morgan fingerprint density at radius 1 is 0.935 bits per heavy atom. The predicted molar refractivity (Wildman–Crippen MR) is 117 cm³/mol. The van der Waals surface area contributed by atoms with E-state index in [1.54, 1.807) is 49.4 Å². The van der Waals surface area contributed by atoms with E-state index in [1.165, 1.54) is 12.1 Å². The van der Waals surface area contributed by atoms with E-state index in [0.29, 0.717) is 28.6 Å². The number of hydrogen-bond acceptors (Lipinski definition) is 4. The summed E-state index contributed by atoms with van der Waals surface area (Å²) in [7, 11) is -3.88. The molecule has 0 bridgehead atoms. The Kier molecular flexibility index (Phi) is 4.37. The third-order valence-corrected chi connectivity index (χ3v) is 6.89. The number of aryl methyl sites for hydroxylation is 1. The van der Waals surface area contributed by atoms with Gasteiger partial charge in [0.25, 0.3) is 10.0 Å². The highest BCUT2D eigenvalue weighted by molar-refractivity contribution is 7.90. The lowest BCUT2D eigenvalue weighted by molar-refractivity contribution is 0.477. The molecule has 0 atom stereocenters. The van der Waals surface area contributed by atoms with Crippen LogP contribution in [0.15, 0.2) is 76.0 Å². The molecule has 1 aliphatic rings. The summed E-state index contributed by atoms with van der Waals surface area (Å²) in [5, 5.41) is 12.3. The molecule has 1 N–H and O–H groups in total. The monoisotopic (exact) mass is 432 g/mol. The smallest absolute Gasteiger partial charge is 0.283 e. The van der Waals surface area contributed by atoms with Crippen LogP contribution in [0.1, 0.15) is 28.1 Å². The lowest BCUT2D eigenvalue weighted by Gasteiger charge is -2.13. The molecule has 0 saturated carbocycles. The minimum absolute atomic E-state index is 0.115. The van der Waals surface area contributed by atoms with Gasteiger partial charge in [-0.15, -0.1) is 0 Å². The van der Waals surface area contributed by atoms with Gasteiger partial charge in [-0.25, -0.2) is 9.37 Å². The topological polar surface area (TPSA) is 79.6 Å². The van der Waals surface area contributed by atoms with Crippen molar-refractivity contribution >= 4 is 26.5 Å². The number of sulfonamides is 1. The first-order chi connectivity index (χ1) is 14.8. The second kappa shape index (κ2) is 6.99. The van der Waals surface area contributed by atoms with Crippen LogP contribution in [0.2, 0.25) is 0 Å². The third kappa shape index (κ3) is 3.18. The molecule has 1 aliphatic heterocycles. The molecule has 0 radical (unpaired) electrons. The molecule has 31 heavy (non-hydrogen) atoms. The van der Waals surface area contributed by atoms with E-state index < -0.39 is 10.0 Å². The van der Waals surface area contributed by atoms with Gasteiger partial charge in [0.2, 0.25) is 0 Å². The van der Waals surface area contributed by atoms with Crippen LogP contribution in [-0.4, -0.2) is 24.2 Å². The third-order valence-electron chi connectivity index (χ3n) is 5.41. The molecule has 4 aromatic rings. The summed E-state index contributed by atoms with van der Waals surface area (Å²) < 4.78 is 42.7. The Morgan fingerprint density at radius 2 is 1.65 bits per heavy atom. The van der Waals surface area contributed by atoms with E-state index >= 15 is 0 Å². The van der Waals surface area contributed by atoms with Crippen LogP contribution in [0.25, 0.3) is 10.8 Å². The number of pyridine rings is 1. The average Bonchev–Trinajstić information content (AvgIpc) is 3.03. The van der Waals surface area contributed by atoms with Crippen LogP contribution in [0, 0.1) is 12.7 Å². The Labute approximate surface area is 178 Å². The Balaban J connectivity index is 1.75. The number of halogens is 1. The van der Waals surface area contributed by atoms with E-state index in [2.05, 4.69) is 9.38 Å². The van der Waals surface area contributed by atoms with Gasteiger partial charge in [-0.1, -0.05) is 54.6 Å². The van der Waals surface area contributed by atoms with Crippen molar-refractivity contribution < 1.29 is 17.9 Å². The lowest BCUT2D eigenvalue weighted by Crippen LogP contribution is -2.08. The lowest BCUT2D eigenvalue weighted by atomic mass is 9.98. The maximum absolute atomic E-state index is 13.3. The van der Waals surface area contributed by atoms with E-state index in [1.807, 2.05) is 12.1 Å². The fourth-order valence-corrected chi connectivity index (χ4v) is 5.41. The van der Waals surface area contributed by atoms with Crippen molar-refractivity contribution in [3.8, 4) is 5.75 Å². The first-order valence-corrected chi connectivity index (χ1v) is 11.1. The van der Waals surface area contributed by atoms with Crippen molar-refractivity contribution in [3.63, 3.8) is 0 Å². The van der Waals surface area contributed by atoms with Crippen molar-refractivity contribution in [1.82, 2.24) is 4.98 Å². The van der Waals surface area contributed by atoms with Crippen LogP contribution < -0.4 is 0 Å². The quantitative estimate of drug-likeness (QED) is 0.516. The summed E-state index contributed by atoms with van der Waals surface area (Å²) in [6, 6.07) is 18.5. The van der Waals surface area contributed by atoms with Gasteiger partial charge in [-0.2, -0.15) is 12.8 Å². The molecule has 0 spiro atoms. The van der Waals surface area contributed by atoms with E-state index in [4.69, 9.17) is 0 Å². The number of nitrogens with zero attached hydrogens (tertiary/aromatic N) is 2. The number of aromatic hydroxyl groups is 1. The summed E-state index contributed by atoms with van der Waals surface area (Å²) in [4.78, 5) is 4.79. The molecule has 0 amide bonds. The summed E-state index contributed by atoms with van der Waals surface area (Å²) >= 11 is 0. The number of aromatic nitrogens is 1. The summed E-state index contributed by atoms with van der Waals surface area (Å²) in [6.45, 7) is 1.71. The summed E-state index contributed by atoms with van der Waals surface area (Å²) in [5.74, 6) is -0.452. The fraction of sp³-hybridized carbons (Fsp3) is 0.0833. The molecule has 0 fully saturated rings. The van der Waals surface area contributed by atoms with Crippen LogP contribution in [0.5, 0.6) is 5.75 Å². The molecular weight excluding hydrogens is 415 g/mol. The minimum Gasteiger partial charge on any atom is -0.505 e. The first-order valence-electron chi connectivity index (χ1n) is 9.65. The molecule has 7 heteroatoms. The van der Waals surface area contributed by atoms with Gasteiger partial charge in [0.15, 0.2) is 5.75 Å². The maximum atomic E-state index is 13.3. The molecule has 5 nitrogen and oxygen atoms in total. The minimum atomic E-state index is -3.88. The molecule has 1 aromatic heterocycles. The zero-order valence-electron chi connectivity index (χ0n) is 16.5. The maximum Gasteiger partial charge on any atom is 0.283 e. The van der Waals surface area contributed by atoms with Crippen molar-refractivity contribution in [2.45, 2.75) is 18.2 Å². The average molecular weight is 432 g/mol. The van der Waals surface area contributed by atoms with Gasteiger partial charge in [-0.3, -0.25) is 0 Å². The standard InChI is InChI=1S/C24H17FN2O3S/c1-14-5-4-8-19-21(27-31(29,30)24(14)19)22-23(28)18-7-3-2-6-17(18)20(26-22)13-15-9-11-16(25)12-10-15/h2-12,28H,13H2,1H3. The Morgan fingerprint density at radius 3 is 2.39 bits per heavy atom. The normalized spacial score (nSPS) is 14.5. The molecule has 0 unspecified atom stereocenters. The number of fused-ring (bicyclic) bond motifs is 2. The molecular formula is C24H17FN2O3S. The zero-order chi connectivity index (χ0) is 21.8. The van der Waals surface area contributed by atoms with Crippen LogP contribution >= 0.6 is 0 Å². The molecule has 0 saturated heterocycles. The first kappa shape index (κ1) is 19.4. The van der Waals surface area contributed by atoms with Crippen LogP contribution in [0.4, 0.5) is 4.39 Å². The number of hydrogen-bond donors (Lipinski definition) is 1. The highest BCUT2D eigenvalue weighted by Crippen LogP contribution is 2.37. The SMILES string of the molecule is Cc1cccc2c1S(=O)(=O)N=C2c1nc(Cc2ccc(F)cc2)c2ccccc2c1O. The Bertz CT molecular complexity index is 1490. The highest BCUT2D eigenvalue weighted by atomic mass is 32.2. The number of benzene rings is 3. The van der Waals surface area contributed by atoms with E-state index in [-0.39, 0.29) is 27.9 Å². The van der Waals surface area contributed by atoms with Crippen molar-refractivity contribution in [2.75, 3.05) is 0 Å². The van der Waals surface area contributed by atoms with Gasteiger partial charge in [0.05, 0.1) is 5.69 Å². The largest absolute Gasteiger partial charge is 0.505 e. The summed E-state index contributed by atoms with van der Waals surface area (Å²) in [6.07, 6.45) is 0.384. The summed E-state index contributed by atoms with van der Waals surface area (Å²) in [5.41, 5.74) is 2.73. The molecule has 3 aromatic carbocycles. The number of rotatable bonds is 3. The molecule has 2 heterocycles. The van der Waals surface area contributed by atoms with Crippen molar-refractivity contribution in [2.24, 2.45) is 4.40 Å². The van der Waals surface area contributed by atoms with Gasteiger partial charge < -0.3 is 5.11 Å². The second-order valence-electron chi connectivity index (χ2n) is 7.47. The van der Waals surface area contributed by atoms with Crippen LogP contribution in [0.3, 0.4) is 0 Å². The molecule has 5 rings (SSSR count). The zero-order valence-corrected chi connectivity index (χ0v) is 17.3.